The molecule has 0 aliphatic heterocycles. The smallest absolute Gasteiger partial charge is 0.243 e. The summed E-state index contributed by atoms with van der Waals surface area (Å²) in [4.78, 5) is 62.9. The standard InChI is InChI=1S/C40H54N6O6/c1-4-30-24-32(52-19-6-5-17-41)14-15-33(30)31-12-10-28(11-13-31)23-36(46-39(50)35(16-18-47)44-37(48)25-42)40(51)45-34(38(43)49)9-7-8-29-21-26(2)20-27(3)22-29/h10-15,18,20-22,24,34-36H,4-9,16-17,19,23,25,41-42H2,1-3H3,(H2,43,49)(H,44,48)(H,45,51)(H,46,50)/t34?,35?,36-/m0/s1. The summed E-state index contributed by atoms with van der Waals surface area (Å²) in [5.74, 6) is -1.90. The van der Waals surface area contributed by atoms with E-state index in [9.17, 15) is 24.0 Å². The normalized spacial score (nSPS) is 12.6. The zero-order chi connectivity index (χ0) is 38.0. The van der Waals surface area contributed by atoms with Crippen molar-refractivity contribution in [1.29, 1.82) is 0 Å². The molecule has 0 heterocycles. The minimum Gasteiger partial charge on any atom is -0.494 e. The molecule has 0 radical (unpaired) electrons. The molecule has 52 heavy (non-hydrogen) atoms. The van der Waals surface area contributed by atoms with E-state index in [0.717, 1.165) is 64.0 Å². The summed E-state index contributed by atoms with van der Waals surface area (Å²) in [6.07, 6.45) is 4.38. The molecule has 0 aliphatic carbocycles. The zero-order valence-corrected chi connectivity index (χ0v) is 30.5. The van der Waals surface area contributed by atoms with Crippen molar-refractivity contribution in [2.24, 2.45) is 17.2 Å². The molecule has 3 rings (SSSR count). The lowest BCUT2D eigenvalue weighted by atomic mass is 9.95. The number of amides is 4. The van der Waals surface area contributed by atoms with Crippen LogP contribution in [0.1, 0.15) is 66.8 Å². The molecule has 12 heteroatoms. The average Bonchev–Trinajstić information content (AvgIpc) is 3.12. The van der Waals surface area contributed by atoms with Crippen molar-refractivity contribution < 1.29 is 28.7 Å². The highest BCUT2D eigenvalue weighted by Gasteiger charge is 2.29. The molecule has 0 saturated heterocycles. The molecule has 0 fully saturated rings. The van der Waals surface area contributed by atoms with Crippen LogP contribution >= 0.6 is 0 Å². The fraction of sp³-hybridized carbons (Fsp3) is 0.425. The maximum atomic E-state index is 13.8. The van der Waals surface area contributed by atoms with Gasteiger partial charge in [0, 0.05) is 12.8 Å². The molecule has 9 N–H and O–H groups in total. The van der Waals surface area contributed by atoms with Gasteiger partial charge in [-0.1, -0.05) is 66.6 Å². The van der Waals surface area contributed by atoms with Crippen molar-refractivity contribution in [1.82, 2.24) is 16.0 Å². The Morgan fingerprint density at radius 3 is 2.08 bits per heavy atom. The zero-order valence-electron chi connectivity index (χ0n) is 30.5. The Morgan fingerprint density at radius 1 is 0.788 bits per heavy atom. The molecular formula is C40H54N6O6. The quantitative estimate of drug-likeness (QED) is 0.0672. The maximum Gasteiger partial charge on any atom is 0.243 e. The summed E-state index contributed by atoms with van der Waals surface area (Å²) in [5.41, 5.74) is 24.0. The van der Waals surface area contributed by atoms with Gasteiger partial charge < -0.3 is 42.7 Å². The molecule has 4 amide bonds. The SMILES string of the molecule is CCc1cc(OCCCCN)ccc1-c1ccc(C[C@H](NC(=O)C(CC=O)NC(=O)CN)C(=O)NC(CCCc2cc(C)cc(C)c2)C(N)=O)cc1. The molecule has 0 aromatic heterocycles. The van der Waals surface area contributed by atoms with Crippen molar-refractivity contribution in [3.63, 3.8) is 0 Å². The summed E-state index contributed by atoms with van der Waals surface area (Å²) in [5, 5.41) is 7.82. The van der Waals surface area contributed by atoms with Gasteiger partial charge in [-0.3, -0.25) is 19.2 Å². The monoisotopic (exact) mass is 714 g/mol. The van der Waals surface area contributed by atoms with Crippen LogP contribution in [0, 0.1) is 13.8 Å². The number of nitrogens with one attached hydrogen (secondary N) is 3. The van der Waals surface area contributed by atoms with Crippen molar-refractivity contribution in [3.8, 4) is 16.9 Å². The lowest BCUT2D eigenvalue weighted by molar-refractivity contribution is -0.133. The van der Waals surface area contributed by atoms with Gasteiger partial charge in [-0.2, -0.15) is 0 Å². The van der Waals surface area contributed by atoms with Crippen molar-refractivity contribution in [3.05, 3.63) is 88.5 Å². The number of aryl methyl sites for hydroxylation is 4. The second-order valence-corrected chi connectivity index (χ2v) is 13.1. The van der Waals surface area contributed by atoms with E-state index in [2.05, 4.69) is 41.1 Å². The van der Waals surface area contributed by atoms with Gasteiger partial charge in [-0.25, -0.2) is 0 Å². The molecular weight excluding hydrogens is 660 g/mol. The summed E-state index contributed by atoms with van der Waals surface area (Å²) < 4.78 is 5.90. The van der Waals surface area contributed by atoms with Gasteiger partial charge in [0.2, 0.25) is 23.6 Å². The number of rotatable bonds is 22. The number of hydrogen-bond acceptors (Lipinski definition) is 8. The van der Waals surface area contributed by atoms with Gasteiger partial charge in [0.25, 0.3) is 0 Å². The first-order chi connectivity index (χ1) is 25.0. The van der Waals surface area contributed by atoms with E-state index >= 15 is 0 Å². The van der Waals surface area contributed by atoms with Crippen molar-refractivity contribution in [2.75, 3.05) is 19.7 Å². The van der Waals surface area contributed by atoms with Crippen LogP contribution in [0.15, 0.2) is 60.7 Å². The van der Waals surface area contributed by atoms with Gasteiger partial charge in [-0.05, 0) is 98.9 Å². The van der Waals surface area contributed by atoms with Crippen LogP contribution in [0.5, 0.6) is 5.75 Å². The van der Waals surface area contributed by atoms with Crippen LogP contribution in [-0.2, 0) is 43.2 Å². The first-order valence-corrected chi connectivity index (χ1v) is 17.9. The molecule has 3 aromatic carbocycles. The maximum absolute atomic E-state index is 13.8. The number of carbonyl (C=O) groups excluding carboxylic acids is 5. The molecule has 0 spiro atoms. The molecule has 3 aromatic rings. The Morgan fingerprint density at radius 2 is 1.46 bits per heavy atom. The van der Waals surface area contributed by atoms with E-state index in [1.165, 1.54) is 0 Å². The predicted molar refractivity (Wildman–Crippen MR) is 202 cm³/mol. The third-order valence-corrected chi connectivity index (χ3v) is 8.73. The molecule has 0 bridgehead atoms. The van der Waals surface area contributed by atoms with E-state index in [4.69, 9.17) is 21.9 Å². The third-order valence-electron chi connectivity index (χ3n) is 8.73. The van der Waals surface area contributed by atoms with Gasteiger partial charge in [0.15, 0.2) is 0 Å². The number of benzene rings is 3. The van der Waals surface area contributed by atoms with Crippen LogP contribution in [0.3, 0.4) is 0 Å². The Labute approximate surface area is 306 Å². The number of primary amides is 1. The Hall–Kier alpha value is -5.07. The highest BCUT2D eigenvalue weighted by Crippen LogP contribution is 2.29. The Kier molecular flexibility index (Phi) is 17.0. The van der Waals surface area contributed by atoms with Crippen LogP contribution in [0.2, 0.25) is 0 Å². The highest BCUT2D eigenvalue weighted by atomic mass is 16.5. The van der Waals surface area contributed by atoms with Crippen LogP contribution in [-0.4, -0.2) is 67.7 Å². The minimum absolute atomic E-state index is 0.0563. The van der Waals surface area contributed by atoms with Crippen LogP contribution in [0.4, 0.5) is 0 Å². The van der Waals surface area contributed by atoms with Gasteiger partial charge in [-0.15, -0.1) is 0 Å². The minimum atomic E-state index is -1.24. The van der Waals surface area contributed by atoms with E-state index < -0.39 is 41.8 Å². The fourth-order valence-electron chi connectivity index (χ4n) is 6.07. The van der Waals surface area contributed by atoms with E-state index in [0.29, 0.717) is 38.7 Å². The second-order valence-electron chi connectivity index (χ2n) is 13.1. The van der Waals surface area contributed by atoms with E-state index in [1.54, 1.807) is 0 Å². The number of carbonyl (C=O) groups is 5. The van der Waals surface area contributed by atoms with Gasteiger partial charge in [0.05, 0.1) is 13.2 Å². The van der Waals surface area contributed by atoms with Crippen molar-refractivity contribution in [2.45, 2.75) is 90.3 Å². The number of unbranched alkanes of at least 4 members (excludes halogenated alkanes) is 1. The summed E-state index contributed by atoms with van der Waals surface area (Å²) in [6.45, 7) is 6.97. The Balaban J connectivity index is 1.80. The largest absolute Gasteiger partial charge is 0.494 e. The third kappa shape index (κ3) is 13.2. The Bertz CT molecular complexity index is 1640. The average molecular weight is 715 g/mol. The predicted octanol–water partition coefficient (Wildman–Crippen LogP) is 2.70. The number of aldehydes is 1. The first-order valence-electron chi connectivity index (χ1n) is 17.9. The first kappa shape index (κ1) is 41.4. The van der Waals surface area contributed by atoms with Crippen LogP contribution < -0.4 is 37.9 Å². The van der Waals surface area contributed by atoms with Gasteiger partial charge >= 0.3 is 0 Å². The molecule has 0 saturated carbocycles. The van der Waals surface area contributed by atoms with E-state index in [1.807, 2.05) is 56.3 Å². The topological polar surface area (TPSA) is 209 Å². The second kappa shape index (κ2) is 21.3. The number of hydrogen-bond donors (Lipinski definition) is 6. The lowest BCUT2D eigenvalue weighted by Gasteiger charge is -2.24. The number of ether oxygens (including phenoxy) is 1. The fourth-order valence-corrected chi connectivity index (χ4v) is 6.07. The summed E-state index contributed by atoms with van der Waals surface area (Å²) in [6, 6.07) is 16.5. The molecule has 3 atom stereocenters. The molecule has 0 aliphatic rings. The molecule has 280 valence electrons. The lowest BCUT2D eigenvalue weighted by Crippen LogP contribution is -2.57. The molecule has 2 unspecified atom stereocenters. The molecule has 12 nitrogen and oxygen atoms in total. The summed E-state index contributed by atoms with van der Waals surface area (Å²) in [7, 11) is 0. The summed E-state index contributed by atoms with van der Waals surface area (Å²) >= 11 is 0. The number of nitrogens with two attached hydrogens (primary N) is 3. The van der Waals surface area contributed by atoms with E-state index in [-0.39, 0.29) is 19.4 Å². The van der Waals surface area contributed by atoms with Crippen molar-refractivity contribution >= 4 is 29.9 Å². The van der Waals surface area contributed by atoms with Crippen LogP contribution in [0.25, 0.3) is 11.1 Å². The highest BCUT2D eigenvalue weighted by molar-refractivity contribution is 5.95. The van der Waals surface area contributed by atoms with Gasteiger partial charge in [0.1, 0.15) is 30.2 Å².